The molecule has 0 bridgehead atoms. The van der Waals surface area contributed by atoms with E-state index in [1.807, 2.05) is 30.3 Å². The number of hydrogen-bond donors (Lipinski definition) is 11. The van der Waals surface area contributed by atoms with E-state index in [1.54, 1.807) is 30.3 Å². The summed E-state index contributed by atoms with van der Waals surface area (Å²) in [5.74, 6) is -5.67. The Morgan fingerprint density at radius 3 is 1.43 bits per heavy atom. The van der Waals surface area contributed by atoms with Gasteiger partial charge in [-0.25, -0.2) is 4.57 Å². The Hall–Kier alpha value is -6.30. The second kappa shape index (κ2) is 60.0. The maximum Gasteiger partial charge on any atom is 0.469 e. The first kappa shape index (κ1) is 91.8. The second-order valence-corrected chi connectivity index (χ2v) is 28.5. The fourth-order valence-electron chi connectivity index (χ4n) is 12.0. The molecule has 2 aromatic carbocycles. The molecule has 0 heterocycles. The monoisotopic (exact) mass is 1460 g/mol. The van der Waals surface area contributed by atoms with Gasteiger partial charge >= 0.3 is 25.7 Å². The zero-order valence-corrected chi connectivity index (χ0v) is 62.9. The normalized spacial score (nSPS) is 13.2. The standard InChI is InChI=1S/C77H130N7O17P/c1-4-7-10-13-16-19-22-25-35-46-64(85)56-69(86)82-63(60-99-73(91)48-38-30-39-51-78-67(54-61-41-31-28-32-42-61)76(94)80-58-71(88)84-68(77(95)81-59-72(89)90)55-62-43-33-29-34-44-62)45-40-52-79-75(93)66(50-53-100-102(96,97)98)83-70(87)57-65(47-36-26-23-20-17-14-11-8-5-2)101-74(92)49-37-27-24-21-18-15-12-9-6-3/h28-29,31-34,41-44,63-68,78,85H,4-27,30,35-40,45-60H2,1-3H3,(H,79,93)(H,80,94)(H,81,95)(H,82,86)(H,83,87)(H,84,88)(H,89,90)(H2,96,97,98)/t63-,64-,65-,66?,67+,68+/m1/s1. The number of ether oxygens (including phenoxy) is 2. The molecule has 580 valence electrons. The second-order valence-electron chi connectivity index (χ2n) is 27.2. The van der Waals surface area contributed by atoms with Crippen LogP contribution in [0.4, 0.5) is 0 Å². The first-order valence-electron chi connectivity index (χ1n) is 38.7. The number of phosphoric ester groups is 1. The fraction of sp³-hybridized carbons (Fsp3) is 0.727. The van der Waals surface area contributed by atoms with Crippen molar-refractivity contribution in [1.82, 2.24) is 37.2 Å². The van der Waals surface area contributed by atoms with Crippen molar-refractivity contribution in [3.05, 3.63) is 71.8 Å². The van der Waals surface area contributed by atoms with Crippen LogP contribution in [0.1, 0.15) is 282 Å². The van der Waals surface area contributed by atoms with E-state index >= 15 is 0 Å². The third-order valence-corrected chi connectivity index (χ3v) is 18.4. The molecule has 6 atom stereocenters. The lowest BCUT2D eigenvalue weighted by molar-refractivity contribution is -0.151. The molecular formula is C77H130N7O17P. The van der Waals surface area contributed by atoms with E-state index in [4.69, 9.17) is 14.6 Å². The Labute approximate surface area is 609 Å². The van der Waals surface area contributed by atoms with Gasteiger partial charge in [0.15, 0.2) is 0 Å². The van der Waals surface area contributed by atoms with Crippen molar-refractivity contribution in [3.63, 3.8) is 0 Å². The lowest BCUT2D eigenvalue weighted by Crippen LogP contribution is -2.53. The van der Waals surface area contributed by atoms with E-state index in [0.29, 0.717) is 45.1 Å². The van der Waals surface area contributed by atoms with Crippen LogP contribution < -0.4 is 37.2 Å². The van der Waals surface area contributed by atoms with Crippen LogP contribution in [0.25, 0.3) is 0 Å². The maximum absolute atomic E-state index is 13.9. The number of aliphatic hydroxyl groups excluding tert-OH is 1. The van der Waals surface area contributed by atoms with Crippen molar-refractivity contribution < 1.29 is 81.7 Å². The number of rotatable bonds is 66. The number of esters is 2. The Balaban J connectivity index is 2.11. The fourth-order valence-corrected chi connectivity index (χ4v) is 12.3. The SMILES string of the molecule is CCCCCCCCCCCC(=O)O[C@H](CCCCCCCCCCC)CC(=O)NC(CCOP(=O)(O)O)C(=O)NCCC[C@H](COC(=O)CCCCCN[C@@H](Cc1ccccc1)C(=O)NCC(=O)N[C@@H](Cc1ccccc1)C(=O)NCC(=O)O)NC(=O)C[C@H](O)CCCCCCCCCCC. The number of aliphatic hydroxyl groups is 1. The average Bonchev–Trinajstić information content (AvgIpc) is 0.903. The van der Waals surface area contributed by atoms with Crippen molar-refractivity contribution in [2.75, 3.05) is 39.4 Å². The molecule has 11 N–H and O–H groups in total. The Bertz CT molecular complexity index is 2640. The van der Waals surface area contributed by atoms with Gasteiger partial charge in [-0.2, -0.15) is 0 Å². The summed E-state index contributed by atoms with van der Waals surface area (Å²) in [6, 6.07) is 14.3. The summed E-state index contributed by atoms with van der Waals surface area (Å²) in [6.45, 7) is 5.08. The number of phosphoric acid groups is 1. The third kappa shape index (κ3) is 51.8. The summed E-state index contributed by atoms with van der Waals surface area (Å²) in [7, 11) is -4.94. The van der Waals surface area contributed by atoms with Gasteiger partial charge in [-0.3, -0.25) is 47.7 Å². The molecular weight excluding hydrogens is 1330 g/mol. The molecule has 0 aliphatic carbocycles. The summed E-state index contributed by atoms with van der Waals surface area (Å²) in [5, 5.41) is 39.2. The molecule has 24 nitrogen and oxygen atoms in total. The summed E-state index contributed by atoms with van der Waals surface area (Å²) >= 11 is 0. The van der Waals surface area contributed by atoms with Gasteiger partial charge in [-0.05, 0) is 75.5 Å². The number of carbonyl (C=O) groups excluding carboxylic acids is 8. The molecule has 102 heavy (non-hydrogen) atoms. The minimum atomic E-state index is -4.94. The average molecular weight is 1460 g/mol. The number of carbonyl (C=O) groups is 9. The molecule has 6 amide bonds. The van der Waals surface area contributed by atoms with E-state index in [9.17, 15) is 62.6 Å². The Morgan fingerprint density at radius 1 is 0.441 bits per heavy atom. The van der Waals surface area contributed by atoms with Crippen LogP contribution in [0.2, 0.25) is 0 Å². The lowest BCUT2D eigenvalue weighted by atomic mass is 10.0. The number of unbranched alkanes of at least 4 members (excludes halogenated alkanes) is 26. The highest BCUT2D eigenvalue weighted by atomic mass is 31.2. The van der Waals surface area contributed by atoms with Gasteiger partial charge in [0.05, 0.1) is 44.2 Å². The van der Waals surface area contributed by atoms with Crippen LogP contribution >= 0.6 is 7.82 Å². The molecule has 0 aliphatic rings. The summed E-state index contributed by atoms with van der Waals surface area (Å²) < 4.78 is 28.0. The van der Waals surface area contributed by atoms with Gasteiger partial charge in [0.25, 0.3) is 0 Å². The van der Waals surface area contributed by atoms with Crippen LogP contribution in [0, 0.1) is 0 Å². The third-order valence-electron chi connectivity index (χ3n) is 17.9. The molecule has 0 saturated heterocycles. The summed E-state index contributed by atoms with van der Waals surface area (Å²) in [6.07, 6.45) is 30.7. The van der Waals surface area contributed by atoms with Crippen molar-refractivity contribution in [1.29, 1.82) is 0 Å². The first-order chi connectivity index (χ1) is 49.2. The van der Waals surface area contributed by atoms with Crippen LogP contribution in [0.5, 0.6) is 0 Å². The molecule has 2 rings (SSSR count). The van der Waals surface area contributed by atoms with Crippen LogP contribution in [-0.4, -0.2) is 149 Å². The predicted molar refractivity (Wildman–Crippen MR) is 396 cm³/mol. The highest BCUT2D eigenvalue weighted by molar-refractivity contribution is 7.46. The van der Waals surface area contributed by atoms with Gasteiger partial charge in [-0.15, -0.1) is 0 Å². The Morgan fingerprint density at radius 2 is 0.892 bits per heavy atom. The molecule has 0 aromatic heterocycles. The largest absolute Gasteiger partial charge is 0.480 e. The summed E-state index contributed by atoms with van der Waals surface area (Å²) in [5.41, 5.74) is 1.59. The molecule has 0 saturated carbocycles. The van der Waals surface area contributed by atoms with Gasteiger partial charge in [-0.1, -0.05) is 248 Å². The summed E-state index contributed by atoms with van der Waals surface area (Å²) in [4.78, 5) is 137. The minimum absolute atomic E-state index is 0.0221. The van der Waals surface area contributed by atoms with Crippen molar-refractivity contribution in [2.45, 2.75) is 320 Å². The zero-order valence-electron chi connectivity index (χ0n) is 62.0. The molecule has 0 fully saturated rings. The van der Waals surface area contributed by atoms with Crippen LogP contribution in [0.3, 0.4) is 0 Å². The van der Waals surface area contributed by atoms with Gasteiger partial charge in [0.2, 0.25) is 35.4 Å². The molecule has 1 unspecified atom stereocenters. The number of amides is 6. The molecule has 0 spiro atoms. The first-order valence-corrected chi connectivity index (χ1v) is 40.2. The molecule has 0 radical (unpaired) electrons. The maximum atomic E-state index is 13.9. The topological polar surface area (TPSA) is 364 Å². The van der Waals surface area contributed by atoms with Gasteiger partial charge in [0.1, 0.15) is 31.3 Å². The van der Waals surface area contributed by atoms with Crippen molar-refractivity contribution in [2.24, 2.45) is 0 Å². The zero-order chi connectivity index (χ0) is 74.7. The number of benzene rings is 2. The minimum Gasteiger partial charge on any atom is -0.480 e. The Kier molecular flexibility index (Phi) is 54.0. The predicted octanol–water partition coefficient (Wildman–Crippen LogP) is 11.5. The van der Waals surface area contributed by atoms with E-state index < -0.39 is 111 Å². The van der Waals surface area contributed by atoms with E-state index in [0.717, 1.165) is 88.2 Å². The van der Waals surface area contributed by atoms with E-state index in [-0.39, 0.29) is 76.9 Å². The quantitative estimate of drug-likeness (QED) is 0.0166. The van der Waals surface area contributed by atoms with Gasteiger partial charge in [0, 0.05) is 32.2 Å². The number of hydrogen-bond acceptors (Lipinski definition) is 15. The smallest absolute Gasteiger partial charge is 0.469 e. The van der Waals surface area contributed by atoms with Crippen LogP contribution in [0.15, 0.2) is 60.7 Å². The highest BCUT2D eigenvalue weighted by Crippen LogP contribution is 2.35. The highest BCUT2D eigenvalue weighted by Gasteiger charge is 2.28. The number of aliphatic carboxylic acids is 1. The van der Waals surface area contributed by atoms with E-state index in [2.05, 4.69) is 62.5 Å². The molecule has 0 aliphatic heterocycles. The van der Waals surface area contributed by atoms with E-state index in [1.165, 1.54) is 89.9 Å². The number of carboxylic acids is 1. The van der Waals surface area contributed by atoms with Crippen LogP contribution in [-0.2, 0) is 74.6 Å². The molecule has 2 aromatic rings. The van der Waals surface area contributed by atoms with Crippen molar-refractivity contribution in [3.8, 4) is 0 Å². The number of carboxylic acid groups (broad SMARTS) is 1. The van der Waals surface area contributed by atoms with Crippen molar-refractivity contribution >= 4 is 61.2 Å². The number of nitrogens with one attached hydrogen (secondary N) is 7. The van der Waals surface area contributed by atoms with Gasteiger partial charge < -0.3 is 66.7 Å². The molecule has 25 heteroatoms. The lowest BCUT2D eigenvalue weighted by Gasteiger charge is -2.22.